The van der Waals surface area contributed by atoms with Gasteiger partial charge in [0.15, 0.2) is 5.01 Å². The van der Waals surface area contributed by atoms with Crippen molar-refractivity contribution >= 4 is 23.0 Å². The number of hydrogen-bond acceptors (Lipinski definition) is 6. The molecule has 20 heavy (non-hydrogen) atoms. The van der Waals surface area contributed by atoms with Gasteiger partial charge in [0, 0.05) is 11.1 Å². The molecule has 6 heteroatoms. The summed E-state index contributed by atoms with van der Waals surface area (Å²) < 4.78 is 4.59. The molecule has 1 heterocycles. The van der Waals surface area contributed by atoms with E-state index in [1.54, 1.807) is 6.92 Å². The Bertz CT molecular complexity index is 662. The molecule has 0 spiro atoms. The summed E-state index contributed by atoms with van der Waals surface area (Å²) in [5, 5.41) is 17.2. The van der Waals surface area contributed by atoms with E-state index in [1.807, 2.05) is 30.3 Å². The van der Waals surface area contributed by atoms with Crippen molar-refractivity contribution in [1.29, 1.82) is 5.41 Å². The molecule has 0 aliphatic carbocycles. The largest absolute Gasteiger partial charge is 0.466 e. The number of hydrogen-bond donors (Lipinski definition) is 1. The highest BCUT2D eigenvalue weighted by atomic mass is 32.1. The van der Waals surface area contributed by atoms with Crippen LogP contribution < -0.4 is 0 Å². The van der Waals surface area contributed by atoms with Crippen molar-refractivity contribution in [3.63, 3.8) is 0 Å². The van der Waals surface area contributed by atoms with Gasteiger partial charge in [-0.15, -0.1) is 10.2 Å². The number of aromatic nitrogens is 2. The van der Waals surface area contributed by atoms with Crippen LogP contribution in [0.3, 0.4) is 0 Å². The van der Waals surface area contributed by atoms with Gasteiger partial charge in [0.1, 0.15) is 5.01 Å². The van der Waals surface area contributed by atoms with Crippen LogP contribution in [0, 0.1) is 5.41 Å². The number of nitrogens with one attached hydrogen (secondary N) is 1. The van der Waals surface area contributed by atoms with E-state index in [-0.39, 0.29) is 5.71 Å². The quantitative estimate of drug-likeness (QED) is 0.533. The Morgan fingerprint density at radius 1 is 1.30 bits per heavy atom. The van der Waals surface area contributed by atoms with Gasteiger partial charge in [0.25, 0.3) is 0 Å². The second kappa shape index (κ2) is 6.21. The topological polar surface area (TPSA) is 75.9 Å². The standard InChI is InChI=1S/C14H13N3O2S/c1-9(14(18)19-2)8-11(15)13-17-16-12(20-13)10-6-4-3-5-7-10/h3-8,15H,1-2H3/b9-8+,15-11?. The van der Waals surface area contributed by atoms with Crippen LogP contribution in [0.5, 0.6) is 0 Å². The smallest absolute Gasteiger partial charge is 0.333 e. The molecule has 0 aliphatic heterocycles. The second-order valence-electron chi connectivity index (χ2n) is 4.01. The number of carbonyl (C=O) groups is 1. The predicted octanol–water partition coefficient (Wildman–Crippen LogP) is 2.69. The summed E-state index contributed by atoms with van der Waals surface area (Å²) in [6.07, 6.45) is 1.43. The fourth-order valence-electron chi connectivity index (χ4n) is 1.53. The predicted molar refractivity (Wildman–Crippen MR) is 77.9 cm³/mol. The highest BCUT2D eigenvalue weighted by Gasteiger charge is 2.11. The Kier molecular flexibility index (Phi) is 4.37. The zero-order valence-corrected chi connectivity index (χ0v) is 11.9. The normalized spacial score (nSPS) is 11.2. The van der Waals surface area contributed by atoms with E-state index in [4.69, 9.17) is 5.41 Å². The molecule has 0 amide bonds. The minimum atomic E-state index is -0.456. The van der Waals surface area contributed by atoms with Crippen molar-refractivity contribution in [1.82, 2.24) is 10.2 Å². The number of ether oxygens (including phenoxy) is 1. The SMILES string of the molecule is COC(=O)/C(C)=C/C(=N)c1nnc(-c2ccccc2)s1. The Hall–Kier alpha value is -2.34. The lowest BCUT2D eigenvalue weighted by Gasteiger charge is -1.97. The van der Waals surface area contributed by atoms with Crippen LogP contribution in [0.1, 0.15) is 11.9 Å². The summed E-state index contributed by atoms with van der Waals surface area (Å²) in [7, 11) is 1.31. The van der Waals surface area contributed by atoms with Crippen LogP contribution in [-0.4, -0.2) is 29.0 Å². The van der Waals surface area contributed by atoms with Gasteiger partial charge in [-0.3, -0.25) is 5.41 Å². The molecule has 102 valence electrons. The third kappa shape index (κ3) is 3.16. The van der Waals surface area contributed by atoms with Crippen molar-refractivity contribution in [2.75, 3.05) is 7.11 Å². The van der Waals surface area contributed by atoms with Crippen LogP contribution in [0.15, 0.2) is 42.0 Å². The number of nitrogens with zero attached hydrogens (tertiary/aromatic N) is 2. The lowest BCUT2D eigenvalue weighted by Crippen LogP contribution is -2.04. The molecular weight excluding hydrogens is 274 g/mol. The number of carbonyl (C=O) groups excluding carboxylic acids is 1. The molecule has 0 aliphatic rings. The summed E-state index contributed by atoms with van der Waals surface area (Å²) in [6.45, 7) is 1.60. The minimum Gasteiger partial charge on any atom is -0.466 e. The number of allylic oxidation sites excluding steroid dienone is 1. The first-order valence-corrected chi connectivity index (χ1v) is 6.68. The van der Waals surface area contributed by atoms with Crippen molar-refractivity contribution in [3.8, 4) is 10.6 Å². The van der Waals surface area contributed by atoms with Crippen LogP contribution in [0.25, 0.3) is 10.6 Å². The lowest BCUT2D eigenvalue weighted by molar-refractivity contribution is -0.136. The highest BCUT2D eigenvalue weighted by Crippen LogP contribution is 2.23. The number of methoxy groups -OCH3 is 1. The van der Waals surface area contributed by atoms with Crippen LogP contribution >= 0.6 is 11.3 Å². The van der Waals surface area contributed by atoms with Crippen molar-refractivity contribution in [3.05, 3.63) is 47.0 Å². The van der Waals surface area contributed by atoms with E-state index in [2.05, 4.69) is 14.9 Å². The van der Waals surface area contributed by atoms with Gasteiger partial charge in [-0.25, -0.2) is 4.79 Å². The highest BCUT2D eigenvalue weighted by molar-refractivity contribution is 7.16. The van der Waals surface area contributed by atoms with E-state index in [0.29, 0.717) is 10.6 Å². The molecule has 2 aromatic rings. The molecule has 5 nitrogen and oxygen atoms in total. The molecule has 0 unspecified atom stereocenters. The second-order valence-corrected chi connectivity index (χ2v) is 4.99. The first kappa shape index (κ1) is 14.1. The fraction of sp³-hybridized carbons (Fsp3) is 0.143. The molecule has 1 N–H and O–H groups in total. The van der Waals surface area contributed by atoms with E-state index in [9.17, 15) is 4.79 Å². The molecular formula is C14H13N3O2S. The number of esters is 1. The van der Waals surface area contributed by atoms with E-state index < -0.39 is 5.97 Å². The zero-order valence-electron chi connectivity index (χ0n) is 11.1. The van der Waals surface area contributed by atoms with Crippen molar-refractivity contribution in [2.45, 2.75) is 6.92 Å². The Morgan fingerprint density at radius 2 is 2.00 bits per heavy atom. The Labute approximate surface area is 120 Å². The summed E-state index contributed by atoms with van der Waals surface area (Å²) in [6, 6.07) is 9.63. The molecule has 0 atom stereocenters. The molecule has 0 saturated carbocycles. The Balaban J connectivity index is 2.21. The van der Waals surface area contributed by atoms with E-state index in [1.165, 1.54) is 24.5 Å². The molecule has 1 aromatic carbocycles. The van der Waals surface area contributed by atoms with Gasteiger partial charge < -0.3 is 4.74 Å². The minimum absolute atomic E-state index is 0.146. The fourth-order valence-corrected chi connectivity index (χ4v) is 2.30. The first-order valence-electron chi connectivity index (χ1n) is 5.86. The van der Waals surface area contributed by atoms with Gasteiger partial charge in [-0.1, -0.05) is 41.7 Å². The first-order chi connectivity index (χ1) is 9.61. The van der Waals surface area contributed by atoms with Gasteiger partial charge in [-0.05, 0) is 13.0 Å². The average molecular weight is 287 g/mol. The van der Waals surface area contributed by atoms with Gasteiger partial charge >= 0.3 is 5.97 Å². The molecule has 0 saturated heterocycles. The van der Waals surface area contributed by atoms with Crippen LogP contribution in [0.2, 0.25) is 0 Å². The molecule has 1 aromatic heterocycles. The number of rotatable bonds is 4. The third-order valence-electron chi connectivity index (χ3n) is 2.54. The third-order valence-corrected chi connectivity index (χ3v) is 3.55. The van der Waals surface area contributed by atoms with Gasteiger partial charge in [0.05, 0.1) is 12.8 Å². The van der Waals surface area contributed by atoms with Crippen LogP contribution in [-0.2, 0) is 9.53 Å². The maximum Gasteiger partial charge on any atom is 0.333 e. The van der Waals surface area contributed by atoms with Crippen molar-refractivity contribution in [2.24, 2.45) is 0 Å². The van der Waals surface area contributed by atoms with E-state index in [0.717, 1.165) is 10.6 Å². The maximum absolute atomic E-state index is 11.3. The monoisotopic (exact) mass is 287 g/mol. The summed E-state index contributed by atoms with van der Waals surface area (Å²) in [4.78, 5) is 11.3. The molecule has 0 radical (unpaired) electrons. The molecule has 0 bridgehead atoms. The number of benzene rings is 1. The van der Waals surface area contributed by atoms with Crippen LogP contribution in [0.4, 0.5) is 0 Å². The average Bonchev–Trinajstić information content (AvgIpc) is 2.97. The van der Waals surface area contributed by atoms with Gasteiger partial charge in [0.2, 0.25) is 0 Å². The lowest BCUT2D eigenvalue weighted by atomic mass is 10.2. The molecule has 0 fully saturated rings. The summed E-state index contributed by atoms with van der Waals surface area (Å²) in [5.41, 5.74) is 1.46. The van der Waals surface area contributed by atoms with Crippen molar-refractivity contribution < 1.29 is 9.53 Å². The van der Waals surface area contributed by atoms with Gasteiger partial charge in [-0.2, -0.15) is 0 Å². The summed E-state index contributed by atoms with van der Waals surface area (Å²) >= 11 is 1.31. The zero-order chi connectivity index (χ0) is 14.5. The van der Waals surface area contributed by atoms with E-state index >= 15 is 0 Å². The summed E-state index contributed by atoms with van der Waals surface area (Å²) in [5.74, 6) is -0.456. The maximum atomic E-state index is 11.3. The Morgan fingerprint density at radius 3 is 2.65 bits per heavy atom. The molecule has 2 rings (SSSR count).